The Labute approximate surface area is 101 Å². The zero-order valence-electron chi connectivity index (χ0n) is 10.0. The lowest BCUT2D eigenvalue weighted by atomic mass is 9.78. The minimum atomic E-state index is -0.201. The molecular formula is C14H18O3. The molecule has 17 heavy (non-hydrogen) atoms. The Bertz CT molecular complexity index is 374. The van der Waals surface area contributed by atoms with Gasteiger partial charge in [0.1, 0.15) is 0 Å². The van der Waals surface area contributed by atoms with Crippen molar-refractivity contribution >= 4 is 5.97 Å². The molecule has 1 aromatic carbocycles. The molecule has 0 bridgehead atoms. The summed E-state index contributed by atoms with van der Waals surface area (Å²) in [6.07, 6.45) is 0.875. The first-order chi connectivity index (χ1) is 8.27. The van der Waals surface area contributed by atoms with Crippen LogP contribution in [0.25, 0.3) is 0 Å². The second-order valence-electron chi connectivity index (χ2n) is 4.52. The van der Waals surface area contributed by atoms with Gasteiger partial charge < -0.3 is 9.84 Å². The molecule has 0 aromatic heterocycles. The molecule has 0 radical (unpaired) electrons. The van der Waals surface area contributed by atoms with Gasteiger partial charge in [0, 0.05) is 12.5 Å². The zero-order valence-corrected chi connectivity index (χ0v) is 10.0. The molecule has 0 amide bonds. The van der Waals surface area contributed by atoms with Gasteiger partial charge in [-0.25, -0.2) is 0 Å². The molecule has 1 heterocycles. The van der Waals surface area contributed by atoms with Gasteiger partial charge >= 0.3 is 5.97 Å². The highest BCUT2D eigenvalue weighted by molar-refractivity contribution is 5.76. The number of ether oxygens (including phenoxy) is 1. The summed E-state index contributed by atoms with van der Waals surface area (Å²) in [5.41, 5.74) is 1.15. The topological polar surface area (TPSA) is 46.5 Å². The molecule has 92 valence electrons. The summed E-state index contributed by atoms with van der Waals surface area (Å²) < 4.78 is 5.07. The third kappa shape index (κ3) is 2.34. The normalized spacial score (nSPS) is 25.6. The van der Waals surface area contributed by atoms with Crippen molar-refractivity contribution in [1.82, 2.24) is 0 Å². The maximum absolute atomic E-state index is 11.8. The number of carbonyl (C=O) groups excluding carboxylic acids is 1. The van der Waals surface area contributed by atoms with E-state index in [0.717, 1.165) is 12.0 Å². The van der Waals surface area contributed by atoms with Gasteiger partial charge in [-0.15, -0.1) is 0 Å². The lowest BCUT2D eigenvalue weighted by Gasteiger charge is -2.23. The molecule has 1 aliphatic rings. The number of aliphatic hydroxyl groups excluding tert-OH is 1. The first-order valence-electron chi connectivity index (χ1n) is 6.10. The molecule has 0 saturated carbocycles. The van der Waals surface area contributed by atoms with E-state index in [9.17, 15) is 9.90 Å². The summed E-state index contributed by atoms with van der Waals surface area (Å²) >= 11 is 0. The molecule has 1 N–H and O–H groups in total. The summed E-state index contributed by atoms with van der Waals surface area (Å²) in [7, 11) is 0. The maximum atomic E-state index is 11.8. The monoisotopic (exact) mass is 234 g/mol. The summed E-state index contributed by atoms with van der Waals surface area (Å²) in [6.45, 7) is 2.43. The van der Waals surface area contributed by atoms with E-state index >= 15 is 0 Å². The SMILES string of the molecule is CCC(c1ccccc1)[C@@H]1C(=O)OC[C@H]1CO. The van der Waals surface area contributed by atoms with Gasteiger partial charge in [0.15, 0.2) is 0 Å². The van der Waals surface area contributed by atoms with Crippen LogP contribution in [0.2, 0.25) is 0 Å². The Morgan fingerprint density at radius 2 is 2.12 bits per heavy atom. The van der Waals surface area contributed by atoms with Crippen LogP contribution in [0.3, 0.4) is 0 Å². The van der Waals surface area contributed by atoms with Crippen LogP contribution in [0.4, 0.5) is 0 Å². The van der Waals surface area contributed by atoms with Gasteiger partial charge in [-0.3, -0.25) is 4.79 Å². The number of rotatable bonds is 4. The molecule has 1 aliphatic heterocycles. The number of hydrogen-bond donors (Lipinski definition) is 1. The Morgan fingerprint density at radius 3 is 2.71 bits per heavy atom. The lowest BCUT2D eigenvalue weighted by Crippen LogP contribution is -2.26. The van der Waals surface area contributed by atoms with Crippen LogP contribution >= 0.6 is 0 Å². The molecule has 2 rings (SSSR count). The fourth-order valence-electron chi connectivity index (χ4n) is 2.64. The van der Waals surface area contributed by atoms with Crippen molar-refractivity contribution in [2.45, 2.75) is 19.3 Å². The molecule has 1 unspecified atom stereocenters. The quantitative estimate of drug-likeness (QED) is 0.810. The fourth-order valence-corrected chi connectivity index (χ4v) is 2.64. The van der Waals surface area contributed by atoms with Gasteiger partial charge in [0.2, 0.25) is 0 Å². The van der Waals surface area contributed by atoms with Crippen molar-refractivity contribution in [1.29, 1.82) is 0 Å². The van der Waals surface area contributed by atoms with E-state index in [1.54, 1.807) is 0 Å². The Kier molecular flexibility index (Phi) is 3.79. The smallest absolute Gasteiger partial charge is 0.310 e. The molecule has 1 fully saturated rings. The van der Waals surface area contributed by atoms with Gasteiger partial charge in [-0.05, 0) is 17.9 Å². The van der Waals surface area contributed by atoms with Crippen molar-refractivity contribution in [3.8, 4) is 0 Å². The van der Waals surface area contributed by atoms with E-state index in [1.807, 2.05) is 30.3 Å². The predicted octanol–water partition coefficient (Wildman–Crippen LogP) is 1.96. The minimum Gasteiger partial charge on any atom is -0.465 e. The van der Waals surface area contributed by atoms with Crippen molar-refractivity contribution in [2.75, 3.05) is 13.2 Å². The highest BCUT2D eigenvalue weighted by Gasteiger charge is 2.41. The van der Waals surface area contributed by atoms with E-state index in [4.69, 9.17) is 4.74 Å². The number of aliphatic hydroxyl groups is 1. The van der Waals surface area contributed by atoms with Crippen molar-refractivity contribution in [3.05, 3.63) is 35.9 Å². The third-order valence-electron chi connectivity index (χ3n) is 3.56. The Balaban J connectivity index is 2.26. The summed E-state index contributed by atoms with van der Waals surface area (Å²) in [5.74, 6) is -0.289. The van der Waals surface area contributed by atoms with E-state index in [-0.39, 0.29) is 30.3 Å². The average molecular weight is 234 g/mol. The molecule has 1 saturated heterocycles. The van der Waals surface area contributed by atoms with Crippen LogP contribution in [-0.2, 0) is 9.53 Å². The van der Waals surface area contributed by atoms with Crippen molar-refractivity contribution < 1.29 is 14.6 Å². The van der Waals surface area contributed by atoms with Crippen LogP contribution in [0, 0.1) is 11.8 Å². The van der Waals surface area contributed by atoms with Crippen LogP contribution in [0.15, 0.2) is 30.3 Å². The Morgan fingerprint density at radius 1 is 1.41 bits per heavy atom. The fraction of sp³-hybridized carbons (Fsp3) is 0.500. The van der Waals surface area contributed by atoms with Crippen molar-refractivity contribution in [2.24, 2.45) is 11.8 Å². The molecule has 3 nitrogen and oxygen atoms in total. The Hall–Kier alpha value is -1.35. The molecule has 3 heteroatoms. The van der Waals surface area contributed by atoms with Crippen LogP contribution in [0.1, 0.15) is 24.8 Å². The van der Waals surface area contributed by atoms with Gasteiger partial charge in [0.25, 0.3) is 0 Å². The summed E-state index contributed by atoms with van der Waals surface area (Å²) in [6, 6.07) is 9.99. The van der Waals surface area contributed by atoms with Crippen LogP contribution in [-0.4, -0.2) is 24.3 Å². The summed E-state index contributed by atoms with van der Waals surface area (Å²) in [5, 5.41) is 9.31. The summed E-state index contributed by atoms with van der Waals surface area (Å²) in [4.78, 5) is 11.8. The standard InChI is InChI=1S/C14H18O3/c1-2-12(10-6-4-3-5-7-10)13-11(8-15)9-17-14(13)16/h3-7,11-13,15H,2,8-9H2,1H3/t11-,12?,13-/m1/s1. The third-order valence-corrected chi connectivity index (χ3v) is 3.56. The van der Waals surface area contributed by atoms with Gasteiger partial charge in [-0.1, -0.05) is 37.3 Å². The molecule has 3 atom stereocenters. The number of benzene rings is 1. The second-order valence-corrected chi connectivity index (χ2v) is 4.52. The first kappa shape index (κ1) is 12.1. The zero-order chi connectivity index (χ0) is 12.3. The number of cyclic esters (lactones) is 1. The molecular weight excluding hydrogens is 216 g/mol. The predicted molar refractivity (Wildman–Crippen MR) is 64.5 cm³/mol. The number of esters is 1. The average Bonchev–Trinajstić information content (AvgIpc) is 2.74. The van der Waals surface area contributed by atoms with Crippen molar-refractivity contribution in [3.63, 3.8) is 0 Å². The number of carbonyl (C=O) groups is 1. The molecule has 0 spiro atoms. The lowest BCUT2D eigenvalue weighted by molar-refractivity contribution is -0.141. The highest BCUT2D eigenvalue weighted by atomic mass is 16.5. The van der Waals surface area contributed by atoms with E-state index < -0.39 is 0 Å². The van der Waals surface area contributed by atoms with E-state index in [2.05, 4.69) is 6.92 Å². The van der Waals surface area contributed by atoms with Crippen LogP contribution < -0.4 is 0 Å². The molecule has 0 aliphatic carbocycles. The minimum absolute atomic E-state index is 0.0136. The maximum Gasteiger partial charge on any atom is 0.310 e. The number of hydrogen-bond acceptors (Lipinski definition) is 3. The van der Waals surface area contributed by atoms with Crippen LogP contribution in [0.5, 0.6) is 0 Å². The van der Waals surface area contributed by atoms with E-state index in [1.165, 1.54) is 0 Å². The van der Waals surface area contributed by atoms with Gasteiger partial charge in [0.05, 0.1) is 12.5 Å². The molecule has 1 aromatic rings. The first-order valence-corrected chi connectivity index (χ1v) is 6.10. The second kappa shape index (κ2) is 5.32. The van der Waals surface area contributed by atoms with E-state index in [0.29, 0.717) is 6.61 Å². The largest absolute Gasteiger partial charge is 0.465 e. The van der Waals surface area contributed by atoms with Gasteiger partial charge in [-0.2, -0.15) is 0 Å². The highest BCUT2D eigenvalue weighted by Crippen LogP contribution is 2.37.